The monoisotopic (exact) mass is 244 g/mol. The van der Waals surface area contributed by atoms with E-state index in [1.54, 1.807) is 0 Å². The third-order valence-corrected chi connectivity index (χ3v) is 3.20. The number of benzene rings is 1. The van der Waals surface area contributed by atoms with Crippen LogP contribution in [0, 0.1) is 17.2 Å². The Morgan fingerprint density at radius 2 is 1.89 bits per heavy atom. The predicted molar refractivity (Wildman–Crippen MR) is 76.1 cm³/mol. The van der Waals surface area contributed by atoms with Gasteiger partial charge in [0.1, 0.15) is 0 Å². The molecule has 98 valence electrons. The smallest absolute Gasteiger partial charge is 0.0995 e. The Labute approximate surface area is 111 Å². The second-order valence-electron chi connectivity index (χ2n) is 5.38. The van der Waals surface area contributed by atoms with Crippen molar-refractivity contribution < 1.29 is 0 Å². The molecule has 1 rings (SSSR count). The van der Waals surface area contributed by atoms with Crippen molar-refractivity contribution in [3.8, 4) is 6.07 Å². The highest BCUT2D eigenvalue weighted by Crippen LogP contribution is 2.10. The van der Waals surface area contributed by atoms with Crippen LogP contribution in [-0.2, 0) is 6.54 Å². The molecule has 0 heterocycles. The van der Waals surface area contributed by atoms with E-state index in [0.717, 1.165) is 23.6 Å². The first-order chi connectivity index (χ1) is 8.63. The molecule has 0 amide bonds. The second-order valence-corrected chi connectivity index (χ2v) is 5.38. The third-order valence-electron chi connectivity index (χ3n) is 3.20. The van der Waals surface area contributed by atoms with Crippen LogP contribution in [0.15, 0.2) is 24.3 Å². The maximum Gasteiger partial charge on any atom is 0.0995 e. The van der Waals surface area contributed by atoms with Gasteiger partial charge in [0.25, 0.3) is 0 Å². The minimum Gasteiger partial charge on any atom is -0.310 e. The number of rotatable bonds is 7. The van der Waals surface area contributed by atoms with Crippen molar-refractivity contribution in [1.82, 2.24) is 5.32 Å². The third kappa shape index (κ3) is 5.33. The van der Waals surface area contributed by atoms with Crippen molar-refractivity contribution in [1.29, 1.82) is 5.26 Å². The molecule has 1 N–H and O–H groups in total. The molecule has 0 aliphatic rings. The van der Waals surface area contributed by atoms with Crippen LogP contribution in [0.4, 0.5) is 0 Å². The fraction of sp³-hybridized carbons (Fsp3) is 0.562. The van der Waals surface area contributed by atoms with Gasteiger partial charge in [0.05, 0.1) is 11.6 Å². The molecule has 0 aromatic heterocycles. The van der Waals surface area contributed by atoms with Crippen LogP contribution in [0.25, 0.3) is 0 Å². The molecule has 0 saturated carbocycles. The number of hydrogen-bond acceptors (Lipinski definition) is 2. The minimum atomic E-state index is 0.510. The summed E-state index contributed by atoms with van der Waals surface area (Å²) in [6.07, 6.45) is 3.76. The first kappa shape index (κ1) is 14.7. The minimum absolute atomic E-state index is 0.510. The number of nitrogens with zero attached hydrogens (tertiary/aromatic N) is 1. The molecular formula is C16H24N2. The Hall–Kier alpha value is -1.33. The molecule has 1 aromatic carbocycles. The van der Waals surface area contributed by atoms with E-state index in [-0.39, 0.29) is 0 Å². The fourth-order valence-electron chi connectivity index (χ4n) is 2.00. The van der Waals surface area contributed by atoms with E-state index in [4.69, 9.17) is 5.26 Å². The summed E-state index contributed by atoms with van der Waals surface area (Å²) in [5, 5.41) is 12.5. The average Bonchev–Trinajstić information content (AvgIpc) is 2.36. The summed E-state index contributed by atoms with van der Waals surface area (Å²) in [7, 11) is 0. The molecule has 0 aliphatic heterocycles. The van der Waals surface area contributed by atoms with Crippen molar-refractivity contribution in [3.05, 3.63) is 35.4 Å². The van der Waals surface area contributed by atoms with Crippen molar-refractivity contribution in [3.63, 3.8) is 0 Å². The molecule has 0 radical (unpaired) electrons. The Morgan fingerprint density at radius 1 is 1.17 bits per heavy atom. The van der Waals surface area contributed by atoms with Crippen molar-refractivity contribution in [2.75, 3.05) is 0 Å². The SMILES string of the molecule is CC(C)CCCC(C)NCc1ccccc1C#N. The molecule has 1 unspecified atom stereocenters. The zero-order chi connectivity index (χ0) is 13.4. The normalized spacial score (nSPS) is 12.4. The quantitative estimate of drug-likeness (QED) is 0.790. The van der Waals surface area contributed by atoms with E-state index in [9.17, 15) is 0 Å². The van der Waals surface area contributed by atoms with Crippen molar-refractivity contribution in [2.45, 2.75) is 52.6 Å². The Kier molecular flexibility index (Phi) is 6.46. The van der Waals surface area contributed by atoms with Gasteiger partial charge in [-0.2, -0.15) is 5.26 Å². The van der Waals surface area contributed by atoms with Gasteiger partial charge in [-0.05, 0) is 30.9 Å². The first-order valence-corrected chi connectivity index (χ1v) is 6.85. The Balaban J connectivity index is 2.34. The van der Waals surface area contributed by atoms with Crippen molar-refractivity contribution >= 4 is 0 Å². The molecule has 1 atom stereocenters. The van der Waals surface area contributed by atoms with Crippen LogP contribution < -0.4 is 5.32 Å². The van der Waals surface area contributed by atoms with Gasteiger partial charge in [0.2, 0.25) is 0 Å². The van der Waals surface area contributed by atoms with Gasteiger partial charge in [0, 0.05) is 12.6 Å². The van der Waals surface area contributed by atoms with Crippen LogP contribution in [0.5, 0.6) is 0 Å². The topological polar surface area (TPSA) is 35.8 Å². The lowest BCUT2D eigenvalue weighted by Gasteiger charge is -2.15. The lowest BCUT2D eigenvalue weighted by Crippen LogP contribution is -2.25. The van der Waals surface area contributed by atoms with E-state index in [0.29, 0.717) is 6.04 Å². The summed E-state index contributed by atoms with van der Waals surface area (Å²) in [5.41, 5.74) is 1.87. The summed E-state index contributed by atoms with van der Waals surface area (Å²) in [6, 6.07) is 10.5. The molecule has 1 aromatic rings. The summed E-state index contributed by atoms with van der Waals surface area (Å²) >= 11 is 0. The highest BCUT2D eigenvalue weighted by atomic mass is 14.9. The summed E-state index contributed by atoms with van der Waals surface area (Å²) in [5.74, 6) is 0.788. The largest absolute Gasteiger partial charge is 0.310 e. The van der Waals surface area contributed by atoms with Crippen LogP contribution in [0.1, 0.15) is 51.2 Å². The zero-order valence-corrected chi connectivity index (χ0v) is 11.7. The highest BCUT2D eigenvalue weighted by molar-refractivity contribution is 5.37. The Bertz CT molecular complexity index is 390. The molecule has 0 bridgehead atoms. The van der Waals surface area contributed by atoms with E-state index in [2.05, 4.69) is 32.2 Å². The molecule has 0 saturated heterocycles. The van der Waals surface area contributed by atoms with Crippen molar-refractivity contribution in [2.24, 2.45) is 5.92 Å². The van der Waals surface area contributed by atoms with Gasteiger partial charge in [-0.3, -0.25) is 0 Å². The molecule has 2 nitrogen and oxygen atoms in total. The second kappa shape index (κ2) is 7.89. The average molecular weight is 244 g/mol. The van der Waals surface area contributed by atoms with Gasteiger partial charge >= 0.3 is 0 Å². The van der Waals surface area contributed by atoms with Gasteiger partial charge in [-0.25, -0.2) is 0 Å². The van der Waals surface area contributed by atoms with E-state index < -0.39 is 0 Å². The van der Waals surface area contributed by atoms with Crippen LogP contribution >= 0.6 is 0 Å². The summed E-state index contributed by atoms with van der Waals surface area (Å²) in [6.45, 7) is 7.53. The van der Waals surface area contributed by atoms with Gasteiger partial charge < -0.3 is 5.32 Å². The lowest BCUT2D eigenvalue weighted by molar-refractivity contribution is 0.457. The molecule has 18 heavy (non-hydrogen) atoms. The maximum atomic E-state index is 9.01. The number of nitriles is 1. The summed E-state index contributed by atoms with van der Waals surface area (Å²) < 4.78 is 0. The first-order valence-electron chi connectivity index (χ1n) is 6.85. The summed E-state index contributed by atoms with van der Waals surface area (Å²) in [4.78, 5) is 0. The lowest BCUT2D eigenvalue weighted by atomic mass is 10.0. The zero-order valence-electron chi connectivity index (χ0n) is 11.7. The molecule has 0 aliphatic carbocycles. The van der Waals surface area contributed by atoms with Crippen LogP contribution in [0.2, 0.25) is 0 Å². The Morgan fingerprint density at radius 3 is 2.56 bits per heavy atom. The predicted octanol–water partition coefficient (Wildman–Crippen LogP) is 3.86. The molecule has 0 spiro atoms. The van der Waals surface area contributed by atoms with Crippen LogP contribution in [-0.4, -0.2) is 6.04 Å². The van der Waals surface area contributed by atoms with E-state index in [1.807, 2.05) is 24.3 Å². The van der Waals surface area contributed by atoms with E-state index >= 15 is 0 Å². The number of hydrogen-bond donors (Lipinski definition) is 1. The van der Waals surface area contributed by atoms with E-state index in [1.165, 1.54) is 19.3 Å². The molecular weight excluding hydrogens is 220 g/mol. The maximum absolute atomic E-state index is 9.01. The molecule has 2 heteroatoms. The van der Waals surface area contributed by atoms with Gasteiger partial charge in [-0.1, -0.05) is 44.9 Å². The fourth-order valence-corrected chi connectivity index (χ4v) is 2.00. The highest BCUT2D eigenvalue weighted by Gasteiger charge is 2.05. The van der Waals surface area contributed by atoms with Crippen LogP contribution in [0.3, 0.4) is 0 Å². The molecule has 0 fully saturated rings. The van der Waals surface area contributed by atoms with Gasteiger partial charge in [0.15, 0.2) is 0 Å². The standard InChI is InChI=1S/C16H24N2/c1-13(2)7-6-8-14(3)18-12-16-10-5-4-9-15(16)11-17/h4-5,9-10,13-14,18H,6-8,12H2,1-3H3. The van der Waals surface area contributed by atoms with Gasteiger partial charge in [-0.15, -0.1) is 0 Å². The number of nitrogens with one attached hydrogen (secondary N) is 1.